The summed E-state index contributed by atoms with van der Waals surface area (Å²) in [5.74, 6) is 0.713. The van der Waals surface area contributed by atoms with Gasteiger partial charge in [0, 0.05) is 11.6 Å². The van der Waals surface area contributed by atoms with Gasteiger partial charge in [-0.15, -0.1) is 0 Å². The van der Waals surface area contributed by atoms with E-state index in [1.54, 1.807) is 37.4 Å². The number of nitrogens with zero attached hydrogens (tertiary/aromatic N) is 2. The van der Waals surface area contributed by atoms with E-state index in [0.717, 1.165) is 16.9 Å². The molecule has 168 valence electrons. The minimum Gasteiger partial charge on any atom is -0.497 e. The van der Waals surface area contributed by atoms with Crippen molar-refractivity contribution in [1.82, 2.24) is 14.9 Å². The highest BCUT2D eigenvalue weighted by atomic mass is 35.5. The molecule has 3 aromatic carbocycles. The number of hydrogen-bond acceptors (Lipinski definition) is 5. The maximum absolute atomic E-state index is 13.4. The van der Waals surface area contributed by atoms with E-state index < -0.39 is 0 Å². The van der Waals surface area contributed by atoms with Gasteiger partial charge < -0.3 is 10.1 Å². The van der Waals surface area contributed by atoms with Crippen LogP contribution in [0.25, 0.3) is 16.6 Å². The Morgan fingerprint density at radius 3 is 2.61 bits per heavy atom. The molecule has 6 nitrogen and oxygen atoms in total. The molecule has 1 heterocycles. The SMILES string of the molecule is COc1ccc(CNC(=O)CSc2nc3ccccc3c(=O)n2-c2cccc(Cl)c2C)cc1. The number of carbonyl (C=O) groups is 1. The van der Waals surface area contributed by atoms with Gasteiger partial charge in [0.1, 0.15) is 5.75 Å². The molecule has 1 N–H and O–H groups in total. The summed E-state index contributed by atoms with van der Waals surface area (Å²) in [5, 5.41) is 4.40. The lowest BCUT2D eigenvalue weighted by molar-refractivity contribution is -0.118. The average molecular weight is 480 g/mol. The van der Waals surface area contributed by atoms with Crippen molar-refractivity contribution in [2.45, 2.75) is 18.6 Å². The van der Waals surface area contributed by atoms with Gasteiger partial charge in [0.2, 0.25) is 5.91 Å². The Hall–Kier alpha value is -3.29. The van der Waals surface area contributed by atoms with Gasteiger partial charge in [0.05, 0.1) is 29.5 Å². The summed E-state index contributed by atoms with van der Waals surface area (Å²) in [4.78, 5) is 30.6. The summed E-state index contributed by atoms with van der Waals surface area (Å²) < 4.78 is 6.68. The molecule has 8 heteroatoms. The molecule has 0 bridgehead atoms. The number of carbonyl (C=O) groups excluding carboxylic acids is 1. The molecular weight excluding hydrogens is 458 g/mol. The second kappa shape index (κ2) is 10.1. The first-order valence-corrected chi connectivity index (χ1v) is 11.6. The predicted octanol–water partition coefficient (Wildman–Crippen LogP) is 4.76. The molecular formula is C25H22ClN3O3S. The summed E-state index contributed by atoms with van der Waals surface area (Å²) in [6.45, 7) is 2.25. The first-order valence-electron chi connectivity index (χ1n) is 10.3. The number of ether oxygens (including phenoxy) is 1. The van der Waals surface area contributed by atoms with Crippen LogP contribution in [0.15, 0.2) is 76.7 Å². The summed E-state index contributed by atoms with van der Waals surface area (Å²) in [7, 11) is 1.61. The normalized spacial score (nSPS) is 10.9. The lowest BCUT2D eigenvalue weighted by Gasteiger charge is -2.15. The topological polar surface area (TPSA) is 73.2 Å². The second-order valence-electron chi connectivity index (χ2n) is 7.35. The van der Waals surface area contributed by atoms with Gasteiger partial charge in [0.25, 0.3) is 5.56 Å². The van der Waals surface area contributed by atoms with Gasteiger partial charge in [-0.1, -0.05) is 53.7 Å². The fourth-order valence-electron chi connectivity index (χ4n) is 3.39. The number of para-hydroxylation sites is 1. The molecule has 1 aromatic heterocycles. The third-order valence-corrected chi connectivity index (χ3v) is 6.55. The maximum atomic E-state index is 13.4. The Bertz CT molecular complexity index is 1370. The Balaban J connectivity index is 1.59. The first-order chi connectivity index (χ1) is 16.0. The molecule has 33 heavy (non-hydrogen) atoms. The summed E-state index contributed by atoms with van der Waals surface area (Å²) >= 11 is 7.53. The summed E-state index contributed by atoms with van der Waals surface area (Å²) in [6, 6.07) is 20.1. The smallest absolute Gasteiger partial charge is 0.266 e. The van der Waals surface area contributed by atoms with E-state index in [2.05, 4.69) is 10.3 Å². The van der Waals surface area contributed by atoms with Crippen molar-refractivity contribution in [2.24, 2.45) is 0 Å². The second-order valence-corrected chi connectivity index (χ2v) is 8.70. The van der Waals surface area contributed by atoms with Crippen LogP contribution in [-0.4, -0.2) is 28.3 Å². The van der Waals surface area contributed by atoms with Crippen molar-refractivity contribution in [3.8, 4) is 11.4 Å². The largest absolute Gasteiger partial charge is 0.497 e. The van der Waals surface area contributed by atoms with Crippen LogP contribution in [0.1, 0.15) is 11.1 Å². The van der Waals surface area contributed by atoms with E-state index in [-0.39, 0.29) is 17.2 Å². The van der Waals surface area contributed by atoms with Gasteiger partial charge in [-0.25, -0.2) is 4.98 Å². The molecule has 0 fully saturated rings. The predicted molar refractivity (Wildman–Crippen MR) is 133 cm³/mol. The first kappa shape index (κ1) is 22.9. The van der Waals surface area contributed by atoms with E-state index in [1.807, 2.05) is 43.3 Å². The molecule has 0 aliphatic heterocycles. The highest BCUT2D eigenvalue weighted by Crippen LogP contribution is 2.26. The van der Waals surface area contributed by atoms with Gasteiger partial charge >= 0.3 is 0 Å². The number of aromatic nitrogens is 2. The molecule has 4 rings (SSSR count). The lowest BCUT2D eigenvalue weighted by Crippen LogP contribution is -2.26. The number of rotatable bonds is 7. The van der Waals surface area contributed by atoms with Crippen LogP contribution in [0.5, 0.6) is 5.75 Å². The number of amides is 1. The number of nitrogens with one attached hydrogen (secondary N) is 1. The lowest BCUT2D eigenvalue weighted by atomic mass is 10.2. The van der Waals surface area contributed by atoms with E-state index in [9.17, 15) is 9.59 Å². The minimum absolute atomic E-state index is 0.112. The molecule has 0 unspecified atom stereocenters. The summed E-state index contributed by atoms with van der Waals surface area (Å²) in [5.41, 5.74) is 2.76. The van der Waals surface area contributed by atoms with Crippen LogP contribution < -0.4 is 15.6 Å². The Labute approximate surface area is 200 Å². The Kier molecular flexibility index (Phi) is 7.01. The monoisotopic (exact) mass is 479 g/mol. The van der Waals surface area contributed by atoms with Gasteiger partial charge in [-0.05, 0) is 54.4 Å². The van der Waals surface area contributed by atoms with Crippen molar-refractivity contribution in [1.29, 1.82) is 0 Å². The fraction of sp³-hybridized carbons (Fsp3) is 0.160. The van der Waals surface area contributed by atoms with Crippen LogP contribution in [-0.2, 0) is 11.3 Å². The molecule has 0 saturated heterocycles. The van der Waals surface area contributed by atoms with E-state index in [0.29, 0.717) is 33.3 Å². The Morgan fingerprint density at radius 1 is 1.09 bits per heavy atom. The molecule has 0 spiro atoms. The molecule has 0 saturated carbocycles. The van der Waals surface area contributed by atoms with Crippen LogP contribution in [0.2, 0.25) is 5.02 Å². The fourth-order valence-corrected chi connectivity index (χ4v) is 4.39. The zero-order chi connectivity index (χ0) is 23.4. The van der Waals surface area contributed by atoms with Gasteiger partial charge in [-0.2, -0.15) is 0 Å². The van der Waals surface area contributed by atoms with Gasteiger partial charge in [-0.3, -0.25) is 14.2 Å². The number of methoxy groups -OCH3 is 1. The highest BCUT2D eigenvalue weighted by molar-refractivity contribution is 7.99. The van der Waals surface area contributed by atoms with Crippen molar-refractivity contribution in [3.63, 3.8) is 0 Å². The zero-order valence-corrected chi connectivity index (χ0v) is 19.7. The standard InChI is InChI=1S/C25H22ClN3O3S/c1-16-20(26)7-5-9-22(16)29-24(31)19-6-3-4-8-21(19)28-25(29)33-15-23(30)27-14-17-10-12-18(32-2)13-11-17/h3-13H,14-15H2,1-2H3,(H,27,30). The maximum Gasteiger partial charge on any atom is 0.266 e. The highest BCUT2D eigenvalue weighted by Gasteiger charge is 2.17. The molecule has 0 atom stereocenters. The van der Waals surface area contributed by atoms with E-state index >= 15 is 0 Å². The van der Waals surface area contributed by atoms with Gasteiger partial charge in [0.15, 0.2) is 5.16 Å². The molecule has 4 aromatic rings. The molecule has 0 aliphatic rings. The minimum atomic E-state index is -0.202. The van der Waals surface area contributed by atoms with Crippen LogP contribution in [0.4, 0.5) is 0 Å². The molecule has 0 aliphatic carbocycles. The van der Waals surface area contributed by atoms with Crippen molar-refractivity contribution in [2.75, 3.05) is 12.9 Å². The van der Waals surface area contributed by atoms with Crippen LogP contribution in [0.3, 0.4) is 0 Å². The summed E-state index contributed by atoms with van der Waals surface area (Å²) in [6.07, 6.45) is 0. The third kappa shape index (κ3) is 5.05. The van der Waals surface area contributed by atoms with Crippen molar-refractivity contribution in [3.05, 3.63) is 93.2 Å². The number of fused-ring (bicyclic) bond motifs is 1. The molecule has 1 amide bonds. The number of benzene rings is 3. The Morgan fingerprint density at radius 2 is 1.85 bits per heavy atom. The zero-order valence-electron chi connectivity index (χ0n) is 18.2. The number of thioether (sulfide) groups is 1. The third-order valence-electron chi connectivity index (χ3n) is 5.21. The van der Waals surface area contributed by atoms with Crippen molar-refractivity contribution >= 4 is 40.2 Å². The number of hydrogen-bond donors (Lipinski definition) is 1. The van der Waals surface area contributed by atoms with E-state index in [1.165, 1.54) is 16.3 Å². The average Bonchev–Trinajstić information content (AvgIpc) is 2.84. The van der Waals surface area contributed by atoms with E-state index in [4.69, 9.17) is 16.3 Å². The van der Waals surface area contributed by atoms with Crippen LogP contribution >= 0.6 is 23.4 Å². The van der Waals surface area contributed by atoms with Crippen LogP contribution in [0, 0.1) is 6.92 Å². The number of halogens is 1. The van der Waals surface area contributed by atoms with Crippen molar-refractivity contribution < 1.29 is 9.53 Å². The molecule has 0 radical (unpaired) electrons. The quantitative estimate of drug-likeness (QED) is 0.305.